The second kappa shape index (κ2) is 11.4. The first kappa shape index (κ1) is 22.7. The number of ether oxygens (including phenoxy) is 2. The summed E-state index contributed by atoms with van der Waals surface area (Å²) in [6, 6.07) is 22.6. The topological polar surface area (TPSA) is 103 Å². The van der Waals surface area contributed by atoms with Crippen molar-refractivity contribution in [2.45, 2.75) is 19.4 Å². The Bertz CT molecular complexity index is 1050. The van der Waals surface area contributed by atoms with E-state index in [-0.39, 0.29) is 13.0 Å². The van der Waals surface area contributed by atoms with Gasteiger partial charge < -0.3 is 25.2 Å². The van der Waals surface area contributed by atoms with Gasteiger partial charge in [-0.2, -0.15) is 0 Å². The Morgan fingerprint density at radius 3 is 2.34 bits per heavy atom. The molecule has 0 heterocycles. The predicted molar refractivity (Wildman–Crippen MR) is 123 cm³/mol. The van der Waals surface area contributed by atoms with Crippen LogP contribution in [0, 0.1) is 0 Å². The maximum atomic E-state index is 10.7. The number of anilines is 1. The molecule has 166 valence electrons. The van der Waals surface area contributed by atoms with Crippen LogP contribution >= 0.6 is 0 Å². The number of carbonyl (C=O) groups is 1. The molecule has 0 aliphatic rings. The summed E-state index contributed by atoms with van der Waals surface area (Å²) in [5, 5.41) is 12.9. The number of carboxylic acid groups (broad SMARTS) is 1. The minimum Gasteiger partial charge on any atom is -0.489 e. The molecular weight excluding hydrogens is 408 g/mol. The molecule has 3 N–H and O–H groups in total. The average Bonchev–Trinajstić information content (AvgIpc) is 2.81. The summed E-state index contributed by atoms with van der Waals surface area (Å²) in [7, 11) is 1.51. The summed E-state index contributed by atoms with van der Waals surface area (Å²) in [5.74, 6) is 0.491. The number of carboxylic acids is 1. The third kappa shape index (κ3) is 6.77. The lowest BCUT2D eigenvalue weighted by molar-refractivity contribution is -0.136. The molecule has 0 fully saturated rings. The molecule has 3 rings (SSSR count). The van der Waals surface area contributed by atoms with E-state index >= 15 is 0 Å². The van der Waals surface area contributed by atoms with Crippen LogP contribution in [0.5, 0.6) is 11.5 Å². The molecule has 0 amide bonds. The number of nitrogens with zero attached hydrogens (tertiary/aromatic N) is 1. The zero-order valence-corrected chi connectivity index (χ0v) is 17.9. The molecule has 0 aromatic heterocycles. The van der Waals surface area contributed by atoms with E-state index in [1.54, 1.807) is 18.2 Å². The van der Waals surface area contributed by atoms with Crippen LogP contribution in [0.2, 0.25) is 0 Å². The number of hydrogen-bond acceptors (Lipinski definition) is 6. The Morgan fingerprint density at radius 1 is 0.969 bits per heavy atom. The van der Waals surface area contributed by atoms with Gasteiger partial charge in [-0.05, 0) is 35.7 Å². The van der Waals surface area contributed by atoms with Crippen molar-refractivity contribution < 1.29 is 24.2 Å². The first-order chi connectivity index (χ1) is 15.5. The standard InChI is InChI=1S/C25H26N2O5/c1-30-27-24(20-5-3-2-4-6-20)17-32-21-11-7-18(8-12-21)16-31-22-13-9-19(23(26)15-22)10-14-25(28)29/h2-9,11-13,15H,10,14,16-17,26H2,1H3,(H,28,29)/b27-24+. The Balaban J connectivity index is 1.53. The third-order valence-electron chi connectivity index (χ3n) is 4.74. The molecular formula is C25H26N2O5. The smallest absolute Gasteiger partial charge is 0.303 e. The van der Waals surface area contributed by atoms with E-state index < -0.39 is 5.97 Å². The molecule has 0 unspecified atom stereocenters. The van der Waals surface area contributed by atoms with Crippen LogP contribution in [-0.4, -0.2) is 30.5 Å². The van der Waals surface area contributed by atoms with Crippen molar-refractivity contribution in [2.75, 3.05) is 19.5 Å². The van der Waals surface area contributed by atoms with E-state index in [4.69, 9.17) is 25.2 Å². The number of benzene rings is 3. The summed E-state index contributed by atoms with van der Waals surface area (Å²) in [6.45, 7) is 0.649. The molecule has 3 aromatic carbocycles. The van der Waals surface area contributed by atoms with E-state index in [1.165, 1.54) is 7.11 Å². The number of nitrogen functional groups attached to an aromatic ring is 1. The van der Waals surface area contributed by atoms with Gasteiger partial charge in [0.15, 0.2) is 0 Å². The van der Waals surface area contributed by atoms with Gasteiger partial charge in [-0.3, -0.25) is 4.79 Å². The molecule has 0 saturated carbocycles. The predicted octanol–water partition coefficient (Wildman–Crippen LogP) is 4.29. The van der Waals surface area contributed by atoms with Gasteiger partial charge >= 0.3 is 5.97 Å². The lowest BCUT2D eigenvalue weighted by Crippen LogP contribution is -2.13. The molecule has 7 heteroatoms. The highest BCUT2D eigenvalue weighted by Gasteiger charge is 2.07. The molecule has 32 heavy (non-hydrogen) atoms. The molecule has 3 aromatic rings. The minimum atomic E-state index is -0.848. The molecule has 0 atom stereocenters. The van der Waals surface area contributed by atoms with Gasteiger partial charge in [0.25, 0.3) is 0 Å². The van der Waals surface area contributed by atoms with Crippen LogP contribution in [0.25, 0.3) is 0 Å². The highest BCUT2D eigenvalue weighted by atomic mass is 16.6. The molecule has 7 nitrogen and oxygen atoms in total. The average molecular weight is 434 g/mol. The Labute approximate surface area is 187 Å². The highest BCUT2D eigenvalue weighted by molar-refractivity contribution is 6.01. The number of hydrogen-bond donors (Lipinski definition) is 2. The second-order valence-corrected chi connectivity index (χ2v) is 7.06. The fraction of sp³-hybridized carbons (Fsp3) is 0.200. The van der Waals surface area contributed by atoms with Crippen LogP contribution < -0.4 is 15.2 Å². The summed E-state index contributed by atoms with van der Waals surface area (Å²) in [5.41, 5.74) is 9.94. The van der Waals surface area contributed by atoms with Gasteiger partial charge in [-0.1, -0.05) is 53.7 Å². The van der Waals surface area contributed by atoms with Crippen molar-refractivity contribution in [3.63, 3.8) is 0 Å². The summed E-state index contributed by atoms with van der Waals surface area (Å²) >= 11 is 0. The Kier molecular flexibility index (Phi) is 8.09. The zero-order chi connectivity index (χ0) is 22.8. The van der Waals surface area contributed by atoms with Crippen LogP contribution in [0.15, 0.2) is 78.0 Å². The van der Waals surface area contributed by atoms with Gasteiger partial charge in [0.2, 0.25) is 0 Å². The fourth-order valence-corrected chi connectivity index (χ4v) is 3.04. The second-order valence-electron chi connectivity index (χ2n) is 7.06. The maximum Gasteiger partial charge on any atom is 0.303 e. The Hall–Kier alpha value is -4.00. The summed E-state index contributed by atoms with van der Waals surface area (Å²) in [6.07, 6.45) is 0.437. The van der Waals surface area contributed by atoms with Gasteiger partial charge in [0, 0.05) is 23.7 Å². The first-order valence-electron chi connectivity index (χ1n) is 10.2. The van der Waals surface area contributed by atoms with Crippen molar-refractivity contribution in [3.05, 3.63) is 89.5 Å². The monoisotopic (exact) mass is 434 g/mol. The van der Waals surface area contributed by atoms with Gasteiger partial charge in [-0.25, -0.2) is 0 Å². The highest BCUT2D eigenvalue weighted by Crippen LogP contribution is 2.22. The summed E-state index contributed by atoms with van der Waals surface area (Å²) < 4.78 is 11.7. The van der Waals surface area contributed by atoms with Crippen molar-refractivity contribution in [1.29, 1.82) is 0 Å². The van der Waals surface area contributed by atoms with Crippen molar-refractivity contribution in [1.82, 2.24) is 0 Å². The molecule has 0 spiro atoms. The molecule has 0 aliphatic heterocycles. The van der Waals surface area contributed by atoms with E-state index in [2.05, 4.69) is 5.16 Å². The number of rotatable bonds is 11. The largest absolute Gasteiger partial charge is 0.489 e. The van der Waals surface area contributed by atoms with Crippen LogP contribution in [0.4, 0.5) is 5.69 Å². The van der Waals surface area contributed by atoms with Crippen LogP contribution in [0.1, 0.15) is 23.1 Å². The SMILES string of the molecule is CO/N=C(\COc1ccc(COc2ccc(CCC(=O)O)c(N)c2)cc1)c1ccccc1. The minimum absolute atomic E-state index is 0.0446. The normalized spacial score (nSPS) is 11.1. The third-order valence-corrected chi connectivity index (χ3v) is 4.74. The lowest BCUT2D eigenvalue weighted by atomic mass is 10.1. The lowest BCUT2D eigenvalue weighted by Gasteiger charge is -2.11. The van der Waals surface area contributed by atoms with Crippen molar-refractivity contribution in [2.24, 2.45) is 5.16 Å². The fourth-order valence-electron chi connectivity index (χ4n) is 3.04. The molecule has 0 bridgehead atoms. The zero-order valence-electron chi connectivity index (χ0n) is 17.9. The van der Waals surface area contributed by atoms with Gasteiger partial charge in [0.05, 0.1) is 0 Å². The van der Waals surface area contributed by atoms with E-state index in [0.717, 1.165) is 16.7 Å². The van der Waals surface area contributed by atoms with E-state index in [1.807, 2.05) is 54.6 Å². The van der Waals surface area contributed by atoms with E-state index in [9.17, 15) is 4.79 Å². The number of aliphatic carboxylic acids is 1. The van der Waals surface area contributed by atoms with Crippen LogP contribution in [0.3, 0.4) is 0 Å². The first-order valence-corrected chi connectivity index (χ1v) is 10.2. The quantitative estimate of drug-likeness (QED) is 0.265. The molecule has 0 radical (unpaired) electrons. The number of aryl methyl sites for hydroxylation is 1. The molecule has 0 aliphatic carbocycles. The molecule has 0 saturated heterocycles. The number of oxime groups is 1. The Morgan fingerprint density at radius 2 is 1.69 bits per heavy atom. The van der Waals surface area contributed by atoms with Crippen molar-refractivity contribution >= 4 is 17.4 Å². The van der Waals surface area contributed by atoms with Crippen molar-refractivity contribution in [3.8, 4) is 11.5 Å². The van der Waals surface area contributed by atoms with Gasteiger partial charge in [-0.15, -0.1) is 0 Å². The summed E-state index contributed by atoms with van der Waals surface area (Å²) in [4.78, 5) is 15.7. The van der Waals surface area contributed by atoms with E-state index in [0.29, 0.717) is 35.9 Å². The van der Waals surface area contributed by atoms with Crippen LogP contribution in [-0.2, 0) is 22.7 Å². The maximum absolute atomic E-state index is 10.7. The van der Waals surface area contributed by atoms with Gasteiger partial charge in [0.1, 0.15) is 37.5 Å². The number of nitrogens with two attached hydrogens (primary N) is 1.